The molecule has 0 aromatic heterocycles. The molecule has 0 unspecified atom stereocenters. The lowest BCUT2D eigenvalue weighted by atomic mass is 9.76. The minimum absolute atomic E-state index is 0.0507. The zero-order chi connectivity index (χ0) is 22.8. The van der Waals surface area contributed by atoms with E-state index < -0.39 is 17.2 Å². The second kappa shape index (κ2) is 9.44. The van der Waals surface area contributed by atoms with E-state index in [4.69, 9.17) is 0 Å². The third kappa shape index (κ3) is 4.67. The number of nitrogens with zero attached hydrogens (tertiary/aromatic N) is 2. The Morgan fingerprint density at radius 2 is 1.47 bits per heavy atom. The molecule has 176 valence electrons. The summed E-state index contributed by atoms with van der Waals surface area (Å²) < 4.78 is 39.9. The van der Waals surface area contributed by atoms with Gasteiger partial charge in [0.05, 0.1) is 11.0 Å². The maximum absolute atomic E-state index is 13.7. The molecule has 32 heavy (non-hydrogen) atoms. The van der Waals surface area contributed by atoms with Crippen LogP contribution in [0, 0.1) is 5.92 Å². The fraction of sp³-hybridized carbons (Fsp3) is 0.680. The van der Waals surface area contributed by atoms with Crippen LogP contribution in [0.25, 0.3) is 0 Å². The van der Waals surface area contributed by atoms with E-state index in [9.17, 15) is 22.8 Å². The molecule has 2 aliphatic heterocycles. The molecule has 7 heteroatoms. The topological polar surface area (TPSA) is 40.6 Å². The van der Waals surface area contributed by atoms with Crippen LogP contribution in [-0.4, -0.2) is 47.8 Å². The SMILES string of the molecule is O=C(C1CCN(C(=O)C2(c3cccc(C(F)(F)F)c3)CCCC2)CC1)N1CCCCCC1. The quantitative estimate of drug-likeness (QED) is 0.638. The van der Waals surface area contributed by atoms with E-state index in [2.05, 4.69) is 0 Å². The van der Waals surface area contributed by atoms with Gasteiger partial charge >= 0.3 is 6.18 Å². The van der Waals surface area contributed by atoms with Crippen LogP contribution in [-0.2, 0) is 21.2 Å². The summed E-state index contributed by atoms with van der Waals surface area (Å²) in [6, 6.07) is 5.32. The zero-order valence-corrected chi connectivity index (χ0v) is 18.6. The van der Waals surface area contributed by atoms with Crippen molar-refractivity contribution in [3.63, 3.8) is 0 Å². The molecule has 1 aliphatic carbocycles. The lowest BCUT2D eigenvalue weighted by molar-refractivity contribution is -0.143. The predicted octanol–water partition coefficient (Wildman–Crippen LogP) is 5.16. The Bertz CT molecular complexity index is 817. The van der Waals surface area contributed by atoms with Gasteiger partial charge in [-0.05, 0) is 50.2 Å². The number of hydrogen-bond donors (Lipinski definition) is 0. The van der Waals surface area contributed by atoms with Crippen molar-refractivity contribution < 1.29 is 22.8 Å². The number of carbonyl (C=O) groups excluding carboxylic acids is 2. The van der Waals surface area contributed by atoms with E-state index in [0.29, 0.717) is 44.3 Å². The van der Waals surface area contributed by atoms with Gasteiger partial charge in [-0.1, -0.05) is 43.9 Å². The number of likely N-dealkylation sites (tertiary alicyclic amines) is 2. The summed E-state index contributed by atoms with van der Waals surface area (Å²) in [4.78, 5) is 30.4. The summed E-state index contributed by atoms with van der Waals surface area (Å²) in [5.41, 5.74) is -1.09. The maximum atomic E-state index is 13.7. The first-order valence-electron chi connectivity index (χ1n) is 12.1. The van der Waals surface area contributed by atoms with Gasteiger partial charge < -0.3 is 9.80 Å². The molecule has 3 fully saturated rings. The number of alkyl halides is 3. The Kier molecular flexibility index (Phi) is 6.82. The standard InChI is InChI=1S/C25H33F3N2O2/c26-25(27,28)21-9-7-8-20(18-21)24(12-3-4-13-24)23(32)30-16-10-19(11-17-30)22(31)29-14-5-1-2-6-15-29/h7-9,18-19H,1-6,10-17H2. The van der Waals surface area contributed by atoms with Gasteiger partial charge in [-0.25, -0.2) is 0 Å². The molecule has 2 saturated heterocycles. The van der Waals surface area contributed by atoms with E-state index >= 15 is 0 Å². The van der Waals surface area contributed by atoms with E-state index in [1.54, 1.807) is 11.0 Å². The van der Waals surface area contributed by atoms with Gasteiger partial charge in [-0.3, -0.25) is 9.59 Å². The summed E-state index contributed by atoms with van der Waals surface area (Å²) >= 11 is 0. The van der Waals surface area contributed by atoms with Gasteiger partial charge in [0.25, 0.3) is 0 Å². The highest BCUT2D eigenvalue weighted by atomic mass is 19.4. The monoisotopic (exact) mass is 450 g/mol. The average molecular weight is 451 g/mol. The van der Waals surface area contributed by atoms with Gasteiger partial charge in [0.1, 0.15) is 0 Å². The third-order valence-corrected chi connectivity index (χ3v) is 7.66. The van der Waals surface area contributed by atoms with Crippen LogP contribution in [0.4, 0.5) is 13.2 Å². The van der Waals surface area contributed by atoms with Gasteiger partial charge in [-0.2, -0.15) is 13.2 Å². The number of carbonyl (C=O) groups is 2. The summed E-state index contributed by atoms with van der Waals surface area (Å²) in [5.74, 6) is 0.104. The van der Waals surface area contributed by atoms with Crippen LogP contribution in [0.15, 0.2) is 24.3 Å². The zero-order valence-electron chi connectivity index (χ0n) is 18.6. The van der Waals surface area contributed by atoms with Gasteiger partial charge in [-0.15, -0.1) is 0 Å². The van der Waals surface area contributed by atoms with Crippen LogP contribution in [0.5, 0.6) is 0 Å². The summed E-state index contributed by atoms with van der Waals surface area (Å²) in [6.07, 6.45) is 4.16. The van der Waals surface area contributed by atoms with E-state index in [-0.39, 0.29) is 17.7 Å². The molecular formula is C25H33F3N2O2. The van der Waals surface area contributed by atoms with Crippen molar-refractivity contribution in [2.24, 2.45) is 5.92 Å². The molecule has 0 radical (unpaired) electrons. The van der Waals surface area contributed by atoms with Crippen molar-refractivity contribution >= 4 is 11.8 Å². The first-order valence-corrected chi connectivity index (χ1v) is 12.1. The van der Waals surface area contributed by atoms with Gasteiger partial charge in [0.2, 0.25) is 11.8 Å². The Morgan fingerprint density at radius 1 is 0.844 bits per heavy atom. The molecule has 2 heterocycles. The van der Waals surface area contributed by atoms with Crippen LogP contribution in [0.3, 0.4) is 0 Å². The van der Waals surface area contributed by atoms with E-state index in [1.807, 2.05) is 4.90 Å². The lowest BCUT2D eigenvalue weighted by Gasteiger charge is -2.39. The Morgan fingerprint density at radius 3 is 2.06 bits per heavy atom. The summed E-state index contributed by atoms with van der Waals surface area (Å²) in [5, 5.41) is 0. The predicted molar refractivity (Wildman–Crippen MR) is 116 cm³/mol. The van der Waals surface area contributed by atoms with Crippen LogP contribution in [0.1, 0.15) is 75.3 Å². The van der Waals surface area contributed by atoms with Crippen molar-refractivity contribution in [3.8, 4) is 0 Å². The molecule has 1 aromatic carbocycles. The normalized spacial score (nSPS) is 22.6. The Hall–Kier alpha value is -2.05. The van der Waals surface area contributed by atoms with Crippen molar-refractivity contribution in [2.45, 2.75) is 75.8 Å². The van der Waals surface area contributed by atoms with Crippen LogP contribution < -0.4 is 0 Å². The number of hydrogen-bond acceptors (Lipinski definition) is 2. The van der Waals surface area contributed by atoms with Gasteiger partial charge in [0, 0.05) is 32.1 Å². The number of piperidine rings is 1. The fourth-order valence-electron chi connectivity index (χ4n) is 5.78. The number of benzene rings is 1. The summed E-state index contributed by atoms with van der Waals surface area (Å²) in [7, 11) is 0. The smallest absolute Gasteiger partial charge is 0.342 e. The highest BCUT2D eigenvalue weighted by Gasteiger charge is 2.46. The van der Waals surface area contributed by atoms with Crippen molar-refractivity contribution in [1.82, 2.24) is 9.80 Å². The van der Waals surface area contributed by atoms with Crippen molar-refractivity contribution in [1.29, 1.82) is 0 Å². The second-order valence-corrected chi connectivity index (χ2v) is 9.67. The van der Waals surface area contributed by atoms with E-state index in [1.165, 1.54) is 25.0 Å². The molecule has 2 amide bonds. The first kappa shape index (κ1) is 23.1. The molecule has 0 N–H and O–H groups in total. The highest BCUT2D eigenvalue weighted by Crippen LogP contribution is 2.44. The molecule has 0 atom stereocenters. The third-order valence-electron chi connectivity index (χ3n) is 7.66. The minimum atomic E-state index is -4.43. The molecule has 0 spiro atoms. The van der Waals surface area contributed by atoms with Crippen molar-refractivity contribution in [3.05, 3.63) is 35.4 Å². The minimum Gasteiger partial charge on any atom is -0.342 e. The van der Waals surface area contributed by atoms with Crippen LogP contribution >= 0.6 is 0 Å². The number of rotatable bonds is 3. The van der Waals surface area contributed by atoms with Crippen molar-refractivity contribution in [2.75, 3.05) is 26.2 Å². The van der Waals surface area contributed by atoms with Crippen LogP contribution in [0.2, 0.25) is 0 Å². The molecule has 1 aromatic rings. The molecule has 4 nitrogen and oxygen atoms in total. The first-order chi connectivity index (χ1) is 15.3. The number of amides is 2. The Labute approximate surface area is 188 Å². The number of halogens is 3. The molecule has 0 bridgehead atoms. The van der Waals surface area contributed by atoms with E-state index in [0.717, 1.165) is 44.8 Å². The lowest BCUT2D eigenvalue weighted by Crippen LogP contribution is -2.50. The summed E-state index contributed by atoms with van der Waals surface area (Å²) in [6.45, 7) is 2.67. The highest BCUT2D eigenvalue weighted by molar-refractivity contribution is 5.89. The molecular weight excluding hydrogens is 417 g/mol. The second-order valence-electron chi connectivity index (χ2n) is 9.67. The molecule has 3 aliphatic rings. The maximum Gasteiger partial charge on any atom is 0.416 e. The largest absolute Gasteiger partial charge is 0.416 e. The van der Waals surface area contributed by atoms with Gasteiger partial charge in [0.15, 0.2) is 0 Å². The molecule has 4 rings (SSSR count). The average Bonchev–Trinajstić information content (AvgIpc) is 3.14. The fourth-order valence-corrected chi connectivity index (χ4v) is 5.78. The molecule has 1 saturated carbocycles. The Balaban J connectivity index is 1.46.